The summed E-state index contributed by atoms with van der Waals surface area (Å²) in [6.45, 7) is 6.04. The van der Waals surface area contributed by atoms with Gasteiger partial charge in [-0.05, 0) is 56.0 Å². The SMILES string of the molecule is Cc1nn(C)c2nc(-c3cccs3)cc(C(=O)NCc3ccc(NC(=O)NC(C)C)cc3)c12. The molecule has 4 aromatic rings. The van der Waals surface area contributed by atoms with Crippen molar-refractivity contribution >= 4 is 40.0 Å². The fourth-order valence-electron chi connectivity index (χ4n) is 3.59. The Hall–Kier alpha value is -3.72. The molecule has 0 unspecified atom stereocenters. The summed E-state index contributed by atoms with van der Waals surface area (Å²) >= 11 is 1.58. The van der Waals surface area contributed by atoms with Crippen molar-refractivity contribution in [3.05, 3.63) is 64.7 Å². The average molecular weight is 463 g/mol. The molecule has 0 bridgehead atoms. The molecule has 0 atom stereocenters. The van der Waals surface area contributed by atoms with E-state index in [9.17, 15) is 9.59 Å². The molecule has 3 amide bonds. The van der Waals surface area contributed by atoms with Crippen LogP contribution in [-0.4, -0.2) is 32.7 Å². The molecule has 0 spiro atoms. The van der Waals surface area contributed by atoms with E-state index in [0.717, 1.165) is 27.2 Å². The largest absolute Gasteiger partial charge is 0.348 e. The third-order valence-corrected chi connectivity index (χ3v) is 5.96. The predicted octanol–water partition coefficient (Wildman–Crippen LogP) is 4.47. The molecule has 3 aromatic heterocycles. The molecule has 8 nitrogen and oxygen atoms in total. The lowest BCUT2D eigenvalue weighted by atomic mass is 10.1. The first kappa shape index (κ1) is 22.5. The molecule has 0 saturated carbocycles. The van der Waals surface area contributed by atoms with E-state index >= 15 is 0 Å². The summed E-state index contributed by atoms with van der Waals surface area (Å²) in [5.41, 5.74) is 4.35. The summed E-state index contributed by atoms with van der Waals surface area (Å²) < 4.78 is 1.71. The van der Waals surface area contributed by atoms with Crippen LogP contribution >= 0.6 is 11.3 Å². The van der Waals surface area contributed by atoms with E-state index in [2.05, 4.69) is 21.0 Å². The Bertz CT molecular complexity index is 1290. The second-order valence-electron chi connectivity index (χ2n) is 8.07. The smallest absolute Gasteiger partial charge is 0.319 e. The van der Waals surface area contributed by atoms with Gasteiger partial charge < -0.3 is 16.0 Å². The minimum atomic E-state index is -0.249. The van der Waals surface area contributed by atoms with Crippen LogP contribution in [0.5, 0.6) is 0 Å². The number of pyridine rings is 1. The van der Waals surface area contributed by atoms with Crippen molar-refractivity contribution in [1.82, 2.24) is 25.4 Å². The molecular weight excluding hydrogens is 436 g/mol. The number of hydrogen-bond donors (Lipinski definition) is 3. The van der Waals surface area contributed by atoms with E-state index in [4.69, 9.17) is 4.98 Å². The van der Waals surface area contributed by atoms with Crippen molar-refractivity contribution in [3.8, 4) is 10.6 Å². The summed E-state index contributed by atoms with van der Waals surface area (Å²) in [6, 6.07) is 13.0. The van der Waals surface area contributed by atoms with Crippen LogP contribution in [0.2, 0.25) is 0 Å². The number of fused-ring (bicyclic) bond motifs is 1. The molecule has 0 radical (unpaired) electrons. The lowest BCUT2D eigenvalue weighted by molar-refractivity contribution is 0.0952. The molecule has 0 fully saturated rings. The maximum absolute atomic E-state index is 13.2. The van der Waals surface area contributed by atoms with Crippen molar-refractivity contribution < 1.29 is 9.59 Å². The van der Waals surface area contributed by atoms with Gasteiger partial charge in [0.2, 0.25) is 0 Å². The Balaban J connectivity index is 1.52. The van der Waals surface area contributed by atoms with E-state index in [1.54, 1.807) is 16.0 Å². The highest BCUT2D eigenvalue weighted by molar-refractivity contribution is 7.13. The quantitative estimate of drug-likeness (QED) is 0.394. The number of aromatic nitrogens is 3. The summed E-state index contributed by atoms with van der Waals surface area (Å²) in [5, 5.41) is 15.8. The van der Waals surface area contributed by atoms with Gasteiger partial charge in [0.15, 0.2) is 5.65 Å². The third-order valence-electron chi connectivity index (χ3n) is 5.07. The highest BCUT2D eigenvalue weighted by Gasteiger charge is 2.19. The van der Waals surface area contributed by atoms with E-state index < -0.39 is 0 Å². The third kappa shape index (κ3) is 5.04. The van der Waals surface area contributed by atoms with E-state index in [-0.39, 0.29) is 18.0 Å². The zero-order valence-electron chi connectivity index (χ0n) is 19.0. The first-order valence-electron chi connectivity index (χ1n) is 10.6. The Labute approximate surface area is 196 Å². The van der Waals surface area contributed by atoms with Crippen LogP contribution in [0, 0.1) is 6.92 Å². The summed E-state index contributed by atoms with van der Waals surface area (Å²) in [7, 11) is 1.83. The number of thiophene rings is 1. The Kier molecular flexibility index (Phi) is 6.41. The summed E-state index contributed by atoms with van der Waals surface area (Å²) in [5.74, 6) is -0.185. The first-order chi connectivity index (χ1) is 15.8. The van der Waals surface area contributed by atoms with Crippen molar-refractivity contribution in [2.75, 3.05) is 5.32 Å². The van der Waals surface area contributed by atoms with Crippen molar-refractivity contribution in [3.63, 3.8) is 0 Å². The molecule has 4 rings (SSSR count). The average Bonchev–Trinajstić information content (AvgIpc) is 3.40. The van der Waals surface area contributed by atoms with E-state index in [1.165, 1.54) is 0 Å². The van der Waals surface area contributed by atoms with Gasteiger partial charge >= 0.3 is 6.03 Å². The second kappa shape index (κ2) is 9.41. The van der Waals surface area contributed by atoms with Gasteiger partial charge in [0, 0.05) is 25.3 Å². The van der Waals surface area contributed by atoms with Crippen LogP contribution < -0.4 is 16.0 Å². The highest BCUT2D eigenvalue weighted by Crippen LogP contribution is 2.29. The topological polar surface area (TPSA) is 101 Å². The molecule has 3 N–H and O–H groups in total. The molecule has 33 heavy (non-hydrogen) atoms. The number of nitrogens with one attached hydrogen (secondary N) is 3. The minimum absolute atomic E-state index is 0.0583. The number of amides is 3. The fourth-order valence-corrected chi connectivity index (χ4v) is 4.27. The van der Waals surface area contributed by atoms with Crippen LogP contribution in [-0.2, 0) is 13.6 Å². The molecule has 3 heterocycles. The lowest BCUT2D eigenvalue weighted by Gasteiger charge is -2.11. The number of urea groups is 1. The zero-order valence-corrected chi connectivity index (χ0v) is 19.8. The number of benzene rings is 1. The van der Waals surface area contributed by atoms with Crippen LogP contribution in [0.4, 0.5) is 10.5 Å². The molecule has 0 aliphatic rings. The molecule has 1 aromatic carbocycles. The number of anilines is 1. The number of nitrogens with zero attached hydrogens (tertiary/aromatic N) is 3. The van der Waals surface area contributed by atoms with Crippen LogP contribution in [0.1, 0.15) is 35.5 Å². The fraction of sp³-hybridized carbons (Fsp3) is 0.250. The standard InChI is InChI=1S/C24H26N6O2S/c1-14(2)26-24(32)27-17-9-7-16(8-10-17)13-25-23(31)18-12-19(20-6-5-11-33-20)28-22-21(18)15(3)29-30(22)4/h5-12,14H,13H2,1-4H3,(H,25,31)(H2,26,27,32). The van der Waals surface area contributed by atoms with Crippen LogP contribution in [0.3, 0.4) is 0 Å². The Morgan fingerprint density at radius 3 is 2.58 bits per heavy atom. The van der Waals surface area contributed by atoms with Crippen LogP contribution in [0.25, 0.3) is 21.6 Å². The van der Waals surface area contributed by atoms with Crippen molar-refractivity contribution in [1.29, 1.82) is 0 Å². The second-order valence-corrected chi connectivity index (χ2v) is 9.02. The van der Waals surface area contributed by atoms with E-state index in [1.807, 2.05) is 75.7 Å². The van der Waals surface area contributed by atoms with Gasteiger partial charge in [-0.3, -0.25) is 9.48 Å². The normalized spacial score (nSPS) is 11.1. The molecular formula is C24H26N6O2S. The number of rotatable bonds is 6. The zero-order chi connectivity index (χ0) is 23.5. The maximum Gasteiger partial charge on any atom is 0.319 e. The number of carbonyl (C=O) groups is 2. The molecule has 170 valence electrons. The predicted molar refractivity (Wildman–Crippen MR) is 131 cm³/mol. The summed E-state index contributed by atoms with van der Waals surface area (Å²) in [4.78, 5) is 30.8. The van der Waals surface area contributed by atoms with Gasteiger partial charge in [-0.25, -0.2) is 9.78 Å². The van der Waals surface area contributed by atoms with Gasteiger partial charge in [-0.1, -0.05) is 18.2 Å². The van der Waals surface area contributed by atoms with E-state index in [0.29, 0.717) is 23.4 Å². The number of hydrogen-bond acceptors (Lipinski definition) is 5. The van der Waals surface area contributed by atoms with Crippen molar-refractivity contribution in [2.45, 2.75) is 33.4 Å². The van der Waals surface area contributed by atoms with Gasteiger partial charge in [0.05, 0.1) is 27.2 Å². The minimum Gasteiger partial charge on any atom is -0.348 e. The maximum atomic E-state index is 13.2. The van der Waals surface area contributed by atoms with Gasteiger partial charge in [0.25, 0.3) is 5.91 Å². The Morgan fingerprint density at radius 2 is 1.91 bits per heavy atom. The summed E-state index contributed by atoms with van der Waals surface area (Å²) in [6.07, 6.45) is 0. The Morgan fingerprint density at radius 1 is 1.15 bits per heavy atom. The van der Waals surface area contributed by atoms with Gasteiger partial charge in [-0.15, -0.1) is 11.3 Å². The molecule has 9 heteroatoms. The number of aryl methyl sites for hydroxylation is 2. The van der Waals surface area contributed by atoms with Gasteiger partial charge in [0.1, 0.15) is 0 Å². The monoisotopic (exact) mass is 462 g/mol. The molecule has 0 aliphatic heterocycles. The van der Waals surface area contributed by atoms with Crippen molar-refractivity contribution in [2.24, 2.45) is 7.05 Å². The lowest BCUT2D eigenvalue weighted by Crippen LogP contribution is -2.34. The first-order valence-corrected chi connectivity index (χ1v) is 11.5. The van der Waals surface area contributed by atoms with Gasteiger partial charge in [-0.2, -0.15) is 5.10 Å². The molecule has 0 aliphatic carbocycles. The molecule has 0 saturated heterocycles. The highest BCUT2D eigenvalue weighted by atomic mass is 32.1. The van der Waals surface area contributed by atoms with Crippen LogP contribution in [0.15, 0.2) is 47.8 Å². The number of carbonyl (C=O) groups excluding carboxylic acids is 2.